The molecule has 0 amide bonds. The Labute approximate surface area is 162 Å². The van der Waals surface area contributed by atoms with Gasteiger partial charge in [-0.1, -0.05) is 54.6 Å². The lowest BCUT2D eigenvalue weighted by molar-refractivity contribution is 0.114. The van der Waals surface area contributed by atoms with Gasteiger partial charge in [-0.25, -0.2) is 0 Å². The molecule has 3 nitrogen and oxygen atoms in total. The standard InChI is InChI=1S/C24H28N2O/c1-17-16-26(18(2)15-25-17)24(20-10-6-11-21(14-20)27-3)23-13-7-9-19-8-4-5-12-22(19)23/h4-14,17-18,24-25H,15-16H2,1-3H3/t17-,18+,24?/m1/s1. The molecule has 0 bridgehead atoms. The van der Waals surface area contributed by atoms with Crippen LogP contribution < -0.4 is 10.1 Å². The lowest BCUT2D eigenvalue weighted by Crippen LogP contribution is -2.55. The summed E-state index contributed by atoms with van der Waals surface area (Å²) in [5.41, 5.74) is 2.65. The SMILES string of the molecule is COc1cccc(C(c2cccc3ccccc23)N2C[C@@H](C)NC[C@@H]2C)c1. The van der Waals surface area contributed by atoms with E-state index in [-0.39, 0.29) is 6.04 Å². The van der Waals surface area contributed by atoms with Crippen LogP contribution in [-0.2, 0) is 0 Å². The zero-order valence-corrected chi connectivity index (χ0v) is 16.4. The Balaban J connectivity index is 1.89. The van der Waals surface area contributed by atoms with Crippen molar-refractivity contribution in [2.45, 2.75) is 32.0 Å². The third-order valence-electron chi connectivity index (χ3n) is 5.67. The van der Waals surface area contributed by atoms with Crippen molar-refractivity contribution in [2.24, 2.45) is 0 Å². The summed E-state index contributed by atoms with van der Waals surface area (Å²) >= 11 is 0. The lowest BCUT2D eigenvalue weighted by Gasteiger charge is -2.43. The van der Waals surface area contributed by atoms with Gasteiger partial charge in [-0.2, -0.15) is 0 Å². The first-order valence-electron chi connectivity index (χ1n) is 9.78. The van der Waals surface area contributed by atoms with Crippen LogP contribution in [0.25, 0.3) is 10.8 Å². The number of nitrogens with one attached hydrogen (secondary N) is 1. The molecule has 0 radical (unpaired) electrons. The number of ether oxygens (including phenoxy) is 1. The Kier molecular flexibility index (Phi) is 5.15. The van der Waals surface area contributed by atoms with Gasteiger partial charge in [0, 0.05) is 25.2 Å². The molecule has 3 aromatic carbocycles. The minimum Gasteiger partial charge on any atom is -0.497 e. The van der Waals surface area contributed by atoms with Crippen LogP contribution >= 0.6 is 0 Å². The molecule has 1 aliphatic rings. The lowest BCUT2D eigenvalue weighted by atomic mass is 9.90. The largest absolute Gasteiger partial charge is 0.497 e. The fourth-order valence-corrected chi connectivity index (χ4v) is 4.26. The molecular weight excluding hydrogens is 332 g/mol. The number of hydrogen-bond donors (Lipinski definition) is 1. The minimum absolute atomic E-state index is 0.200. The summed E-state index contributed by atoms with van der Waals surface area (Å²) in [6, 6.07) is 25.0. The van der Waals surface area contributed by atoms with Gasteiger partial charge in [0.05, 0.1) is 13.2 Å². The van der Waals surface area contributed by atoms with Gasteiger partial charge >= 0.3 is 0 Å². The van der Waals surface area contributed by atoms with Gasteiger partial charge in [0.2, 0.25) is 0 Å². The highest BCUT2D eigenvalue weighted by Crippen LogP contribution is 2.36. The fraction of sp³-hybridized carbons (Fsp3) is 0.333. The van der Waals surface area contributed by atoms with E-state index in [1.165, 1.54) is 21.9 Å². The zero-order chi connectivity index (χ0) is 18.8. The first-order chi connectivity index (χ1) is 13.2. The molecule has 27 heavy (non-hydrogen) atoms. The molecule has 0 aromatic heterocycles. The van der Waals surface area contributed by atoms with E-state index in [9.17, 15) is 0 Å². The molecular formula is C24H28N2O. The van der Waals surface area contributed by atoms with Crippen molar-refractivity contribution in [3.05, 3.63) is 77.9 Å². The number of hydrogen-bond acceptors (Lipinski definition) is 3. The number of benzene rings is 3. The average Bonchev–Trinajstić information content (AvgIpc) is 2.71. The number of piperazine rings is 1. The van der Waals surface area contributed by atoms with E-state index >= 15 is 0 Å². The van der Waals surface area contributed by atoms with Gasteiger partial charge in [-0.15, -0.1) is 0 Å². The highest BCUT2D eigenvalue weighted by molar-refractivity contribution is 5.86. The van der Waals surface area contributed by atoms with Crippen LogP contribution in [-0.4, -0.2) is 37.2 Å². The Morgan fingerprint density at radius 2 is 1.78 bits per heavy atom. The maximum absolute atomic E-state index is 5.53. The molecule has 1 N–H and O–H groups in total. The van der Waals surface area contributed by atoms with Gasteiger partial charge in [0.25, 0.3) is 0 Å². The quantitative estimate of drug-likeness (QED) is 0.735. The first-order valence-corrected chi connectivity index (χ1v) is 9.78. The summed E-state index contributed by atoms with van der Waals surface area (Å²) in [6.45, 7) is 6.61. The van der Waals surface area contributed by atoms with Gasteiger partial charge in [0.15, 0.2) is 0 Å². The smallest absolute Gasteiger partial charge is 0.119 e. The van der Waals surface area contributed by atoms with Crippen LogP contribution in [0, 0.1) is 0 Å². The second kappa shape index (κ2) is 7.71. The average molecular weight is 361 g/mol. The highest BCUT2D eigenvalue weighted by atomic mass is 16.5. The van der Waals surface area contributed by atoms with Crippen LogP contribution in [0.5, 0.6) is 5.75 Å². The number of methoxy groups -OCH3 is 1. The van der Waals surface area contributed by atoms with E-state index in [1.807, 2.05) is 6.07 Å². The monoisotopic (exact) mass is 360 g/mol. The fourth-order valence-electron chi connectivity index (χ4n) is 4.26. The summed E-state index contributed by atoms with van der Waals surface area (Å²) in [5.74, 6) is 0.911. The van der Waals surface area contributed by atoms with E-state index in [4.69, 9.17) is 4.74 Å². The van der Waals surface area contributed by atoms with E-state index in [2.05, 4.69) is 84.7 Å². The predicted molar refractivity (Wildman–Crippen MR) is 112 cm³/mol. The number of fused-ring (bicyclic) bond motifs is 1. The summed E-state index contributed by atoms with van der Waals surface area (Å²) < 4.78 is 5.53. The number of nitrogens with zero attached hydrogens (tertiary/aromatic N) is 1. The summed E-state index contributed by atoms with van der Waals surface area (Å²) in [7, 11) is 1.74. The minimum atomic E-state index is 0.200. The predicted octanol–water partition coefficient (Wildman–Crippen LogP) is 4.62. The topological polar surface area (TPSA) is 24.5 Å². The molecule has 0 saturated carbocycles. The van der Waals surface area contributed by atoms with Gasteiger partial charge in [-0.05, 0) is 47.9 Å². The molecule has 0 spiro atoms. The molecule has 3 heteroatoms. The maximum atomic E-state index is 5.53. The van der Waals surface area contributed by atoms with Crippen LogP contribution in [0.15, 0.2) is 66.7 Å². The Morgan fingerprint density at radius 1 is 1.00 bits per heavy atom. The van der Waals surface area contributed by atoms with E-state index in [1.54, 1.807) is 7.11 Å². The molecule has 1 unspecified atom stereocenters. The summed E-state index contributed by atoms with van der Waals surface area (Å²) in [5, 5.41) is 6.23. The summed E-state index contributed by atoms with van der Waals surface area (Å²) in [4.78, 5) is 2.64. The van der Waals surface area contributed by atoms with Crippen molar-refractivity contribution in [1.29, 1.82) is 0 Å². The third kappa shape index (κ3) is 3.58. The van der Waals surface area contributed by atoms with Gasteiger partial charge < -0.3 is 10.1 Å². The third-order valence-corrected chi connectivity index (χ3v) is 5.67. The van der Waals surface area contributed by atoms with Gasteiger partial charge in [-0.3, -0.25) is 4.90 Å². The Morgan fingerprint density at radius 3 is 2.63 bits per heavy atom. The second-order valence-electron chi connectivity index (χ2n) is 7.60. The molecule has 4 rings (SSSR count). The number of rotatable bonds is 4. The van der Waals surface area contributed by atoms with Crippen molar-refractivity contribution in [1.82, 2.24) is 10.2 Å². The van der Waals surface area contributed by atoms with E-state index < -0.39 is 0 Å². The zero-order valence-electron chi connectivity index (χ0n) is 16.4. The molecule has 3 aromatic rings. The first kappa shape index (κ1) is 18.0. The van der Waals surface area contributed by atoms with Crippen molar-refractivity contribution in [3.63, 3.8) is 0 Å². The van der Waals surface area contributed by atoms with Crippen LogP contribution in [0.2, 0.25) is 0 Å². The van der Waals surface area contributed by atoms with E-state index in [0.717, 1.165) is 18.8 Å². The Bertz CT molecular complexity index is 918. The molecule has 140 valence electrons. The van der Waals surface area contributed by atoms with Crippen molar-refractivity contribution in [2.75, 3.05) is 20.2 Å². The van der Waals surface area contributed by atoms with Crippen LogP contribution in [0.4, 0.5) is 0 Å². The maximum Gasteiger partial charge on any atom is 0.119 e. The molecule has 1 fully saturated rings. The second-order valence-corrected chi connectivity index (χ2v) is 7.60. The van der Waals surface area contributed by atoms with Crippen molar-refractivity contribution >= 4 is 10.8 Å². The van der Waals surface area contributed by atoms with E-state index in [0.29, 0.717) is 12.1 Å². The molecule has 3 atom stereocenters. The molecule has 0 aliphatic carbocycles. The van der Waals surface area contributed by atoms with Crippen LogP contribution in [0.1, 0.15) is 31.0 Å². The summed E-state index contributed by atoms with van der Waals surface area (Å²) in [6.07, 6.45) is 0. The molecule has 1 heterocycles. The normalized spacial score (nSPS) is 21.9. The van der Waals surface area contributed by atoms with Crippen molar-refractivity contribution < 1.29 is 4.74 Å². The highest BCUT2D eigenvalue weighted by Gasteiger charge is 2.31. The molecule has 1 saturated heterocycles. The molecule has 1 aliphatic heterocycles. The van der Waals surface area contributed by atoms with Gasteiger partial charge in [0.1, 0.15) is 5.75 Å². The van der Waals surface area contributed by atoms with Crippen LogP contribution in [0.3, 0.4) is 0 Å². The Hall–Kier alpha value is -2.36. The van der Waals surface area contributed by atoms with Crippen molar-refractivity contribution in [3.8, 4) is 5.75 Å².